The largest absolute Gasteiger partial charge is 0.335 e. The molecule has 48 valence electrons. The summed E-state index contributed by atoms with van der Waals surface area (Å²) in [4.78, 5) is 4.03. The lowest BCUT2D eigenvalue weighted by atomic mass is 10.6. The van der Waals surface area contributed by atoms with Gasteiger partial charge in [-0.2, -0.15) is 12.6 Å². The van der Waals surface area contributed by atoms with Crippen molar-refractivity contribution in [1.82, 2.24) is 9.55 Å². The highest BCUT2D eigenvalue weighted by Crippen LogP contribution is 1.96. The first kappa shape index (κ1) is 6.42. The third kappa shape index (κ3) is 1.36. The molecule has 0 aromatic carbocycles. The molecule has 1 rings (SSSR count). The zero-order valence-electron chi connectivity index (χ0n) is 5.15. The molecule has 1 aromatic rings. The fraction of sp³-hybridized carbons (Fsp3) is 0.167. The van der Waals surface area contributed by atoms with Gasteiger partial charge in [-0.05, 0) is 11.5 Å². The van der Waals surface area contributed by atoms with Crippen molar-refractivity contribution < 1.29 is 0 Å². The monoisotopic (exact) mass is 140 g/mol. The number of imidazole rings is 1. The average molecular weight is 140 g/mol. The molecule has 3 heteroatoms. The third-order valence-electron chi connectivity index (χ3n) is 1.08. The molecule has 0 aliphatic carbocycles. The maximum absolute atomic E-state index is 4.03. The highest BCUT2D eigenvalue weighted by Gasteiger charge is 1.88. The van der Waals surface area contributed by atoms with Gasteiger partial charge in [0.05, 0.1) is 0 Å². The van der Waals surface area contributed by atoms with Crippen LogP contribution in [0.4, 0.5) is 0 Å². The maximum Gasteiger partial charge on any atom is 0.132 e. The van der Waals surface area contributed by atoms with Crippen LogP contribution in [0.3, 0.4) is 0 Å². The number of nitrogens with zero attached hydrogens (tertiary/aromatic N) is 2. The summed E-state index contributed by atoms with van der Waals surface area (Å²) < 4.78 is 1.92. The number of hydrogen-bond donors (Lipinski definition) is 1. The molecule has 0 amide bonds. The maximum atomic E-state index is 4.03. The summed E-state index contributed by atoms with van der Waals surface area (Å²) in [6.45, 7) is 0. The summed E-state index contributed by atoms with van der Waals surface area (Å²) in [7, 11) is 1.94. The molecule has 2 nitrogen and oxygen atoms in total. The van der Waals surface area contributed by atoms with Crippen molar-refractivity contribution in [2.45, 2.75) is 0 Å². The van der Waals surface area contributed by atoms with Crippen molar-refractivity contribution in [1.29, 1.82) is 0 Å². The second-order valence-electron chi connectivity index (χ2n) is 1.71. The Morgan fingerprint density at radius 1 is 1.78 bits per heavy atom. The zero-order chi connectivity index (χ0) is 6.69. The van der Waals surface area contributed by atoms with Crippen LogP contribution in [0.2, 0.25) is 0 Å². The van der Waals surface area contributed by atoms with E-state index in [1.165, 1.54) is 0 Å². The molecule has 0 saturated carbocycles. The predicted molar refractivity (Wildman–Crippen MR) is 41.2 cm³/mol. The van der Waals surface area contributed by atoms with Gasteiger partial charge < -0.3 is 4.57 Å². The molecule has 0 spiro atoms. The van der Waals surface area contributed by atoms with E-state index in [0.717, 1.165) is 5.82 Å². The molecule has 0 fully saturated rings. The van der Waals surface area contributed by atoms with Crippen LogP contribution in [0, 0.1) is 0 Å². The molecule has 0 saturated heterocycles. The molecule has 9 heavy (non-hydrogen) atoms. The Kier molecular flexibility index (Phi) is 1.95. The van der Waals surface area contributed by atoms with Crippen molar-refractivity contribution in [3.63, 3.8) is 0 Å². The molecule has 0 aliphatic heterocycles. The second-order valence-corrected chi connectivity index (χ2v) is 2.01. The Bertz CT molecular complexity index is 215. The molecular weight excluding hydrogens is 132 g/mol. The minimum absolute atomic E-state index is 0.921. The Labute approximate surface area is 59.6 Å². The van der Waals surface area contributed by atoms with E-state index in [1.54, 1.807) is 11.6 Å². The van der Waals surface area contributed by atoms with Gasteiger partial charge in [-0.1, -0.05) is 0 Å². The molecule has 0 unspecified atom stereocenters. The number of aromatic nitrogens is 2. The summed E-state index contributed by atoms with van der Waals surface area (Å²) in [5, 5.41) is 1.67. The first-order chi connectivity index (χ1) is 4.34. The number of aryl methyl sites for hydroxylation is 1. The second kappa shape index (κ2) is 2.73. The summed E-state index contributed by atoms with van der Waals surface area (Å²) in [5.41, 5.74) is 0. The van der Waals surface area contributed by atoms with Crippen LogP contribution in [0.15, 0.2) is 17.8 Å². The molecular formula is C6H8N2S. The van der Waals surface area contributed by atoms with Crippen LogP contribution in [-0.2, 0) is 7.05 Å². The molecule has 0 N–H and O–H groups in total. The highest BCUT2D eigenvalue weighted by molar-refractivity contribution is 7.83. The number of hydrogen-bond acceptors (Lipinski definition) is 2. The Hall–Kier alpha value is -0.700. The minimum Gasteiger partial charge on any atom is -0.335 e. The van der Waals surface area contributed by atoms with Crippen LogP contribution in [0.25, 0.3) is 6.08 Å². The van der Waals surface area contributed by atoms with Crippen molar-refractivity contribution in [2.24, 2.45) is 7.05 Å². The van der Waals surface area contributed by atoms with Crippen molar-refractivity contribution in [2.75, 3.05) is 0 Å². The van der Waals surface area contributed by atoms with E-state index in [4.69, 9.17) is 0 Å². The van der Waals surface area contributed by atoms with E-state index in [2.05, 4.69) is 17.6 Å². The predicted octanol–water partition coefficient (Wildman–Crippen LogP) is 1.32. The van der Waals surface area contributed by atoms with Crippen LogP contribution >= 0.6 is 12.6 Å². The van der Waals surface area contributed by atoms with E-state index >= 15 is 0 Å². The standard InChI is InChI=1S/C6H8N2S/c1-8-4-3-7-6(8)2-5-9/h2-5,9H,1H3/b5-2+. The van der Waals surface area contributed by atoms with Gasteiger partial charge in [-0.3, -0.25) is 0 Å². The van der Waals surface area contributed by atoms with Gasteiger partial charge in [0, 0.05) is 19.4 Å². The van der Waals surface area contributed by atoms with Crippen LogP contribution in [0.1, 0.15) is 5.82 Å². The summed E-state index contributed by atoms with van der Waals surface area (Å²) >= 11 is 3.92. The van der Waals surface area contributed by atoms with Crippen LogP contribution in [-0.4, -0.2) is 9.55 Å². The molecule has 0 bridgehead atoms. The lowest BCUT2D eigenvalue weighted by Crippen LogP contribution is -1.87. The highest BCUT2D eigenvalue weighted by atomic mass is 32.1. The van der Waals surface area contributed by atoms with Gasteiger partial charge in [0.15, 0.2) is 0 Å². The van der Waals surface area contributed by atoms with Crippen molar-refractivity contribution in [3.05, 3.63) is 23.6 Å². The molecule has 1 aromatic heterocycles. The summed E-state index contributed by atoms with van der Waals surface area (Å²) in [6.07, 6.45) is 5.48. The smallest absolute Gasteiger partial charge is 0.132 e. The Morgan fingerprint density at radius 3 is 3.00 bits per heavy atom. The number of rotatable bonds is 1. The Morgan fingerprint density at radius 2 is 2.56 bits per heavy atom. The normalized spacial score (nSPS) is 10.9. The lowest BCUT2D eigenvalue weighted by Gasteiger charge is -1.90. The minimum atomic E-state index is 0.921. The average Bonchev–Trinajstić information content (AvgIpc) is 2.18. The molecule has 0 radical (unpaired) electrons. The first-order valence-corrected chi connectivity index (χ1v) is 3.14. The lowest BCUT2D eigenvalue weighted by molar-refractivity contribution is 0.898. The third-order valence-corrected chi connectivity index (χ3v) is 1.23. The molecule has 1 heterocycles. The first-order valence-electron chi connectivity index (χ1n) is 2.62. The van der Waals surface area contributed by atoms with Gasteiger partial charge in [-0.15, -0.1) is 0 Å². The Balaban J connectivity index is 2.94. The van der Waals surface area contributed by atoms with Gasteiger partial charge >= 0.3 is 0 Å². The molecule has 0 atom stereocenters. The quantitative estimate of drug-likeness (QED) is 0.582. The van der Waals surface area contributed by atoms with E-state index in [1.807, 2.05) is 23.9 Å². The zero-order valence-corrected chi connectivity index (χ0v) is 6.05. The van der Waals surface area contributed by atoms with E-state index in [9.17, 15) is 0 Å². The number of thiol groups is 1. The van der Waals surface area contributed by atoms with Gasteiger partial charge in [0.2, 0.25) is 0 Å². The van der Waals surface area contributed by atoms with E-state index in [0.29, 0.717) is 0 Å². The SMILES string of the molecule is Cn1ccnc1/C=C/S. The van der Waals surface area contributed by atoms with Crippen LogP contribution in [0.5, 0.6) is 0 Å². The van der Waals surface area contributed by atoms with Crippen LogP contribution < -0.4 is 0 Å². The topological polar surface area (TPSA) is 17.8 Å². The molecule has 0 aliphatic rings. The summed E-state index contributed by atoms with van der Waals surface area (Å²) in [5.74, 6) is 0.921. The van der Waals surface area contributed by atoms with Gasteiger partial charge in [0.25, 0.3) is 0 Å². The van der Waals surface area contributed by atoms with E-state index < -0.39 is 0 Å². The summed E-state index contributed by atoms with van der Waals surface area (Å²) in [6, 6.07) is 0. The van der Waals surface area contributed by atoms with Gasteiger partial charge in [0.1, 0.15) is 5.82 Å². The fourth-order valence-electron chi connectivity index (χ4n) is 0.604. The van der Waals surface area contributed by atoms with Crippen molar-refractivity contribution >= 4 is 18.7 Å². The van der Waals surface area contributed by atoms with E-state index in [-0.39, 0.29) is 0 Å². The van der Waals surface area contributed by atoms with Crippen molar-refractivity contribution in [3.8, 4) is 0 Å². The van der Waals surface area contributed by atoms with Gasteiger partial charge in [-0.25, -0.2) is 4.98 Å². The fourth-order valence-corrected chi connectivity index (χ4v) is 0.738.